The van der Waals surface area contributed by atoms with Crippen molar-refractivity contribution in [3.05, 3.63) is 11.8 Å². The Morgan fingerprint density at radius 2 is 2.10 bits per heavy atom. The number of aliphatic hydroxyl groups excluding tert-OH is 2. The molecule has 0 aromatic rings. The molecule has 0 aromatic heterocycles. The minimum absolute atomic E-state index is 0.0346. The molecule has 2 aliphatic heterocycles. The summed E-state index contributed by atoms with van der Waals surface area (Å²) in [4.78, 5) is 47.3. The van der Waals surface area contributed by atoms with Crippen LogP contribution in [0.15, 0.2) is 11.8 Å². The molecule has 0 aliphatic carbocycles. The smallest absolute Gasteiger partial charge is 0.296 e. The quantitative estimate of drug-likeness (QED) is 0.474. The summed E-state index contributed by atoms with van der Waals surface area (Å²) in [5, 5.41) is 19.8. The van der Waals surface area contributed by atoms with E-state index in [1.54, 1.807) is 0 Å². The van der Waals surface area contributed by atoms with Crippen molar-refractivity contribution < 1.29 is 34.1 Å². The number of carbonyl (C=O) groups excluding carboxylic acids is 4. The first-order valence-corrected chi connectivity index (χ1v) is 6.28. The summed E-state index contributed by atoms with van der Waals surface area (Å²) in [6, 6.07) is -1.05. The number of aliphatic hydroxyl groups is 2. The Hall–Kier alpha value is -2.26. The van der Waals surface area contributed by atoms with Gasteiger partial charge in [-0.1, -0.05) is 0 Å². The Labute approximate surface area is 119 Å². The van der Waals surface area contributed by atoms with Gasteiger partial charge in [0.05, 0.1) is 12.7 Å². The van der Waals surface area contributed by atoms with E-state index < -0.39 is 42.4 Å². The van der Waals surface area contributed by atoms with Crippen LogP contribution in [0.3, 0.4) is 0 Å². The molecule has 1 saturated heterocycles. The summed E-state index contributed by atoms with van der Waals surface area (Å²) in [7, 11) is 0. The van der Waals surface area contributed by atoms with Gasteiger partial charge < -0.3 is 14.9 Å². The van der Waals surface area contributed by atoms with Crippen LogP contribution in [0, 0.1) is 0 Å². The van der Waals surface area contributed by atoms with E-state index in [9.17, 15) is 19.2 Å². The first-order valence-electron chi connectivity index (χ1n) is 6.28. The van der Waals surface area contributed by atoms with Gasteiger partial charge in [-0.05, 0) is 6.42 Å². The van der Waals surface area contributed by atoms with Gasteiger partial charge >= 0.3 is 0 Å². The second-order valence-corrected chi connectivity index (χ2v) is 4.64. The lowest BCUT2D eigenvalue weighted by Crippen LogP contribution is -2.54. The standard InChI is InChI=1S/C12H14N2O7/c15-4-6(16)5-21-8-3-10(18)14(12(8)20)7-1-2-9(17)13-11(7)19/h3,6-7,15-16H,1-2,4-5H2,(H,13,17,19). The highest BCUT2D eigenvalue weighted by Gasteiger charge is 2.43. The average molecular weight is 298 g/mol. The highest BCUT2D eigenvalue weighted by molar-refractivity contribution is 6.18. The molecule has 0 aromatic carbocycles. The molecule has 2 atom stereocenters. The second-order valence-electron chi connectivity index (χ2n) is 4.64. The van der Waals surface area contributed by atoms with Crippen molar-refractivity contribution in [1.82, 2.24) is 10.2 Å². The molecule has 114 valence electrons. The summed E-state index contributed by atoms with van der Waals surface area (Å²) in [5.41, 5.74) is 0. The Morgan fingerprint density at radius 1 is 1.38 bits per heavy atom. The van der Waals surface area contributed by atoms with Crippen molar-refractivity contribution in [2.75, 3.05) is 13.2 Å². The van der Waals surface area contributed by atoms with Crippen LogP contribution in [-0.2, 0) is 23.9 Å². The van der Waals surface area contributed by atoms with E-state index in [1.165, 1.54) is 0 Å². The number of imide groups is 2. The molecule has 9 nitrogen and oxygen atoms in total. The molecule has 2 unspecified atom stereocenters. The highest BCUT2D eigenvalue weighted by Crippen LogP contribution is 2.21. The molecule has 1 fully saturated rings. The number of nitrogens with one attached hydrogen (secondary N) is 1. The summed E-state index contributed by atoms with van der Waals surface area (Å²) in [5.74, 6) is -3.00. The van der Waals surface area contributed by atoms with Crippen LogP contribution < -0.4 is 5.32 Å². The third kappa shape index (κ3) is 3.09. The highest BCUT2D eigenvalue weighted by atomic mass is 16.5. The summed E-state index contributed by atoms with van der Waals surface area (Å²) >= 11 is 0. The van der Waals surface area contributed by atoms with Crippen LogP contribution in [0.25, 0.3) is 0 Å². The number of ether oxygens (including phenoxy) is 1. The maximum atomic E-state index is 12.0. The molecule has 4 amide bonds. The zero-order valence-corrected chi connectivity index (χ0v) is 10.9. The molecule has 9 heteroatoms. The Morgan fingerprint density at radius 3 is 2.71 bits per heavy atom. The molecule has 0 saturated carbocycles. The van der Waals surface area contributed by atoms with E-state index in [2.05, 4.69) is 5.32 Å². The lowest BCUT2D eigenvalue weighted by atomic mass is 10.0. The number of rotatable bonds is 5. The fourth-order valence-corrected chi connectivity index (χ4v) is 2.03. The molecule has 2 aliphatic rings. The van der Waals surface area contributed by atoms with Crippen LogP contribution >= 0.6 is 0 Å². The SMILES string of the molecule is O=C1CCC(N2C(=O)C=C(OCC(O)CO)C2=O)C(=O)N1. The second kappa shape index (κ2) is 6.02. The topological polar surface area (TPSA) is 133 Å². The first kappa shape index (κ1) is 15.1. The summed E-state index contributed by atoms with van der Waals surface area (Å²) < 4.78 is 4.96. The number of hydrogen-bond acceptors (Lipinski definition) is 7. The van der Waals surface area contributed by atoms with Crippen LogP contribution in [-0.4, -0.2) is 64.1 Å². The van der Waals surface area contributed by atoms with Crippen LogP contribution in [0.1, 0.15) is 12.8 Å². The third-order valence-electron chi connectivity index (χ3n) is 3.09. The molecular formula is C12H14N2O7. The van der Waals surface area contributed by atoms with Gasteiger partial charge in [0.25, 0.3) is 11.8 Å². The van der Waals surface area contributed by atoms with Crippen molar-refractivity contribution in [3.63, 3.8) is 0 Å². The van der Waals surface area contributed by atoms with Gasteiger partial charge in [-0.25, -0.2) is 0 Å². The van der Waals surface area contributed by atoms with Gasteiger partial charge in [-0.15, -0.1) is 0 Å². The average Bonchev–Trinajstić information content (AvgIpc) is 2.72. The number of hydrogen-bond donors (Lipinski definition) is 3. The van der Waals surface area contributed by atoms with E-state index in [0.29, 0.717) is 0 Å². The van der Waals surface area contributed by atoms with Crippen LogP contribution in [0.5, 0.6) is 0 Å². The van der Waals surface area contributed by atoms with E-state index in [1.807, 2.05) is 0 Å². The van der Waals surface area contributed by atoms with Crippen molar-refractivity contribution in [3.8, 4) is 0 Å². The van der Waals surface area contributed by atoms with Crippen molar-refractivity contribution in [2.45, 2.75) is 25.0 Å². The zero-order valence-electron chi connectivity index (χ0n) is 10.9. The Bertz CT molecular complexity index is 528. The molecule has 0 radical (unpaired) electrons. The maximum Gasteiger partial charge on any atom is 0.296 e. The van der Waals surface area contributed by atoms with Crippen LogP contribution in [0.4, 0.5) is 0 Å². The minimum Gasteiger partial charge on any atom is -0.485 e. The van der Waals surface area contributed by atoms with Gasteiger partial charge in [0.2, 0.25) is 11.8 Å². The fraction of sp³-hybridized carbons (Fsp3) is 0.500. The number of piperidine rings is 1. The first-order chi connectivity index (χ1) is 9.93. The van der Waals surface area contributed by atoms with Crippen molar-refractivity contribution >= 4 is 23.6 Å². The Kier molecular flexibility index (Phi) is 4.34. The maximum absolute atomic E-state index is 12.0. The lowest BCUT2D eigenvalue weighted by molar-refractivity contribution is -0.150. The largest absolute Gasteiger partial charge is 0.485 e. The van der Waals surface area contributed by atoms with Gasteiger partial charge in [-0.2, -0.15) is 0 Å². The van der Waals surface area contributed by atoms with Crippen molar-refractivity contribution in [1.29, 1.82) is 0 Å². The predicted octanol–water partition coefficient (Wildman–Crippen LogP) is -2.59. The third-order valence-corrected chi connectivity index (χ3v) is 3.09. The minimum atomic E-state index is -1.18. The number of carbonyl (C=O) groups is 4. The van der Waals surface area contributed by atoms with Crippen molar-refractivity contribution in [2.24, 2.45) is 0 Å². The molecule has 2 rings (SSSR count). The molecule has 3 N–H and O–H groups in total. The predicted molar refractivity (Wildman–Crippen MR) is 65.2 cm³/mol. The molecule has 0 spiro atoms. The zero-order chi connectivity index (χ0) is 15.6. The molecule has 2 heterocycles. The van der Waals surface area contributed by atoms with E-state index in [0.717, 1.165) is 11.0 Å². The molecule has 21 heavy (non-hydrogen) atoms. The lowest BCUT2D eigenvalue weighted by Gasteiger charge is -2.28. The van der Waals surface area contributed by atoms with E-state index >= 15 is 0 Å². The van der Waals surface area contributed by atoms with E-state index in [4.69, 9.17) is 14.9 Å². The van der Waals surface area contributed by atoms with Crippen LogP contribution in [0.2, 0.25) is 0 Å². The fourth-order valence-electron chi connectivity index (χ4n) is 2.03. The molecule has 0 bridgehead atoms. The summed E-state index contributed by atoms with van der Waals surface area (Å²) in [6.45, 7) is -0.906. The van der Waals surface area contributed by atoms with Gasteiger partial charge in [-0.3, -0.25) is 29.4 Å². The van der Waals surface area contributed by atoms with Gasteiger partial charge in [0, 0.05) is 6.42 Å². The normalized spacial score (nSPS) is 24.0. The number of amides is 4. The van der Waals surface area contributed by atoms with Gasteiger partial charge in [0.1, 0.15) is 18.8 Å². The summed E-state index contributed by atoms with van der Waals surface area (Å²) in [6.07, 6.45) is -0.176. The monoisotopic (exact) mass is 298 g/mol. The number of nitrogens with zero attached hydrogens (tertiary/aromatic N) is 1. The van der Waals surface area contributed by atoms with Gasteiger partial charge in [0.15, 0.2) is 5.76 Å². The Balaban J connectivity index is 2.04. The molecular weight excluding hydrogens is 284 g/mol. The van der Waals surface area contributed by atoms with E-state index in [-0.39, 0.29) is 25.2 Å².